The third-order valence-electron chi connectivity index (χ3n) is 4.69. The fraction of sp³-hybridized carbons (Fsp3) is 0.333. The minimum absolute atomic E-state index is 0.0123. The van der Waals surface area contributed by atoms with Crippen LogP contribution in [0.1, 0.15) is 29.9 Å². The smallest absolute Gasteiger partial charge is 0.258 e. The van der Waals surface area contributed by atoms with Gasteiger partial charge in [0.15, 0.2) is 0 Å². The average molecular weight is 308 g/mol. The fourth-order valence-electron chi connectivity index (χ4n) is 3.39. The van der Waals surface area contributed by atoms with Crippen LogP contribution in [0.5, 0.6) is 0 Å². The van der Waals surface area contributed by atoms with Gasteiger partial charge in [-0.05, 0) is 37.6 Å². The summed E-state index contributed by atoms with van der Waals surface area (Å²) in [5, 5.41) is 0. The Morgan fingerprint density at radius 1 is 1.26 bits per heavy atom. The lowest BCUT2D eigenvalue weighted by Gasteiger charge is -2.34. The predicted octanol–water partition coefficient (Wildman–Crippen LogP) is 2.38. The maximum Gasteiger partial charge on any atom is 0.258 e. The summed E-state index contributed by atoms with van der Waals surface area (Å²) in [6.45, 7) is 6.84. The number of pyridine rings is 1. The van der Waals surface area contributed by atoms with Crippen LogP contribution >= 0.6 is 0 Å². The molecule has 1 aliphatic rings. The van der Waals surface area contributed by atoms with Crippen LogP contribution in [0.25, 0.3) is 5.65 Å². The van der Waals surface area contributed by atoms with Gasteiger partial charge < -0.3 is 4.57 Å². The molecule has 0 fully saturated rings. The van der Waals surface area contributed by atoms with E-state index in [9.17, 15) is 4.79 Å². The third kappa shape index (κ3) is 2.47. The van der Waals surface area contributed by atoms with E-state index in [0.717, 1.165) is 24.3 Å². The largest absolute Gasteiger partial charge is 0.349 e. The van der Waals surface area contributed by atoms with E-state index in [1.807, 2.05) is 25.3 Å². The Morgan fingerprint density at radius 3 is 3.00 bits per heavy atom. The molecule has 1 atom stereocenters. The van der Waals surface area contributed by atoms with Crippen molar-refractivity contribution in [1.82, 2.24) is 18.9 Å². The second-order valence-corrected chi connectivity index (χ2v) is 6.29. The van der Waals surface area contributed by atoms with Crippen LogP contribution in [-0.4, -0.2) is 25.4 Å². The first-order valence-corrected chi connectivity index (χ1v) is 8.00. The standard InChI is InChI=1S/C18H20N4O/c1-13-5-6-17-19-15(10-18(23)22(17)11-13)12-21-9-8-20-7-3-4-16(20)14(21)2/h3-7,10-11,14H,8-9,12H2,1-2H3/t14-/m0/s1. The molecule has 1 aliphatic heterocycles. The molecule has 0 N–H and O–H groups in total. The number of hydrogen-bond acceptors (Lipinski definition) is 3. The van der Waals surface area contributed by atoms with Gasteiger partial charge in [-0.1, -0.05) is 6.07 Å². The summed E-state index contributed by atoms with van der Waals surface area (Å²) in [4.78, 5) is 19.4. The number of nitrogens with zero attached hydrogens (tertiary/aromatic N) is 4. The maximum absolute atomic E-state index is 12.3. The van der Waals surface area contributed by atoms with Gasteiger partial charge >= 0.3 is 0 Å². The van der Waals surface area contributed by atoms with Crippen LogP contribution in [0, 0.1) is 6.92 Å². The molecule has 118 valence electrons. The van der Waals surface area contributed by atoms with E-state index in [1.54, 1.807) is 10.5 Å². The summed E-state index contributed by atoms with van der Waals surface area (Å²) < 4.78 is 3.91. The van der Waals surface area contributed by atoms with Crippen molar-refractivity contribution in [3.63, 3.8) is 0 Å². The van der Waals surface area contributed by atoms with Crippen LogP contribution in [0.15, 0.2) is 47.5 Å². The molecular formula is C18H20N4O. The molecule has 0 aromatic carbocycles. The SMILES string of the molecule is Cc1ccc2nc(CN3CCn4cccc4[C@@H]3C)cc(=O)n2c1. The van der Waals surface area contributed by atoms with E-state index < -0.39 is 0 Å². The van der Waals surface area contributed by atoms with Crippen molar-refractivity contribution in [1.29, 1.82) is 0 Å². The van der Waals surface area contributed by atoms with Gasteiger partial charge in [-0.15, -0.1) is 0 Å². The van der Waals surface area contributed by atoms with Crippen LogP contribution in [-0.2, 0) is 13.1 Å². The Morgan fingerprint density at radius 2 is 2.13 bits per heavy atom. The zero-order chi connectivity index (χ0) is 16.0. The molecule has 0 unspecified atom stereocenters. The fourth-order valence-corrected chi connectivity index (χ4v) is 3.39. The van der Waals surface area contributed by atoms with Crippen LogP contribution < -0.4 is 5.56 Å². The minimum atomic E-state index is -0.0123. The normalized spacial score (nSPS) is 18.3. The van der Waals surface area contributed by atoms with E-state index in [2.05, 4.69) is 39.7 Å². The minimum Gasteiger partial charge on any atom is -0.349 e. The molecule has 23 heavy (non-hydrogen) atoms. The lowest BCUT2D eigenvalue weighted by atomic mass is 10.1. The molecule has 0 bridgehead atoms. The highest BCUT2D eigenvalue weighted by molar-refractivity contribution is 5.40. The lowest BCUT2D eigenvalue weighted by Crippen LogP contribution is -2.36. The van der Waals surface area contributed by atoms with Crippen molar-refractivity contribution in [2.24, 2.45) is 0 Å². The summed E-state index contributed by atoms with van der Waals surface area (Å²) in [6.07, 6.45) is 3.97. The molecule has 5 nitrogen and oxygen atoms in total. The summed E-state index contributed by atoms with van der Waals surface area (Å²) in [7, 11) is 0. The van der Waals surface area contributed by atoms with E-state index in [1.165, 1.54) is 5.69 Å². The Bertz CT molecular complexity index is 924. The number of aromatic nitrogens is 3. The van der Waals surface area contributed by atoms with Crippen LogP contribution in [0.3, 0.4) is 0 Å². The van der Waals surface area contributed by atoms with Gasteiger partial charge in [-0.2, -0.15) is 0 Å². The topological polar surface area (TPSA) is 42.5 Å². The van der Waals surface area contributed by atoms with Crippen molar-refractivity contribution >= 4 is 5.65 Å². The Hall–Kier alpha value is -2.40. The number of hydrogen-bond donors (Lipinski definition) is 0. The highest BCUT2D eigenvalue weighted by Crippen LogP contribution is 2.26. The van der Waals surface area contributed by atoms with E-state index >= 15 is 0 Å². The lowest BCUT2D eigenvalue weighted by molar-refractivity contribution is 0.159. The van der Waals surface area contributed by atoms with Gasteiger partial charge in [0, 0.05) is 49.8 Å². The molecule has 3 aromatic heterocycles. The number of rotatable bonds is 2. The molecular weight excluding hydrogens is 288 g/mol. The molecule has 0 saturated heterocycles. The maximum atomic E-state index is 12.3. The monoisotopic (exact) mass is 308 g/mol. The molecule has 4 heterocycles. The first kappa shape index (κ1) is 14.2. The van der Waals surface area contributed by atoms with Gasteiger partial charge in [0.1, 0.15) is 5.65 Å². The molecule has 0 radical (unpaired) electrons. The molecule has 5 heteroatoms. The van der Waals surface area contributed by atoms with E-state index in [0.29, 0.717) is 18.2 Å². The zero-order valence-electron chi connectivity index (χ0n) is 13.4. The Labute approximate surface area is 134 Å². The molecule has 0 aliphatic carbocycles. The van der Waals surface area contributed by atoms with Crippen molar-refractivity contribution < 1.29 is 0 Å². The highest BCUT2D eigenvalue weighted by Gasteiger charge is 2.23. The van der Waals surface area contributed by atoms with Gasteiger partial charge in [0.25, 0.3) is 5.56 Å². The van der Waals surface area contributed by atoms with Crippen LogP contribution in [0.2, 0.25) is 0 Å². The quantitative estimate of drug-likeness (QED) is 0.730. The van der Waals surface area contributed by atoms with Crippen molar-refractivity contribution in [2.75, 3.05) is 6.54 Å². The number of fused-ring (bicyclic) bond motifs is 2. The van der Waals surface area contributed by atoms with E-state index in [-0.39, 0.29) is 5.56 Å². The molecule has 0 spiro atoms. The van der Waals surface area contributed by atoms with Gasteiger partial charge in [-0.3, -0.25) is 14.1 Å². The Balaban J connectivity index is 1.66. The zero-order valence-corrected chi connectivity index (χ0v) is 13.4. The molecule has 0 saturated carbocycles. The van der Waals surface area contributed by atoms with Gasteiger partial charge in [-0.25, -0.2) is 4.98 Å². The summed E-state index contributed by atoms with van der Waals surface area (Å²) in [5.41, 5.74) is 3.92. The highest BCUT2D eigenvalue weighted by atomic mass is 16.1. The van der Waals surface area contributed by atoms with E-state index in [4.69, 9.17) is 0 Å². The average Bonchev–Trinajstić information content (AvgIpc) is 3.00. The van der Waals surface area contributed by atoms with Gasteiger partial charge in [0.2, 0.25) is 0 Å². The summed E-state index contributed by atoms with van der Waals surface area (Å²) in [6, 6.07) is 10.2. The first-order valence-electron chi connectivity index (χ1n) is 8.00. The third-order valence-corrected chi connectivity index (χ3v) is 4.69. The Kier molecular flexibility index (Phi) is 3.31. The molecule has 4 rings (SSSR count). The second kappa shape index (κ2) is 5.35. The molecule has 0 amide bonds. The summed E-state index contributed by atoms with van der Waals surface area (Å²) in [5.74, 6) is 0. The second-order valence-electron chi connectivity index (χ2n) is 6.29. The first-order chi connectivity index (χ1) is 11.1. The van der Waals surface area contributed by atoms with Crippen molar-refractivity contribution in [2.45, 2.75) is 33.0 Å². The van der Waals surface area contributed by atoms with Gasteiger partial charge in [0.05, 0.1) is 5.69 Å². The van der Waals surface area contributed by atoms with Crippen molar-refractivity contribution in [3.8, 4) is 0 Å². The van der Waals surface area contributed by atoms with Crippen LogP contribution in [0.4, 0.5) is 0 Å². The number of aryl methyl sites for hydroxylation is 1. The van der Waals surface area contributed by atoms with Crippen molar-refractivity contribution in [3.05, 3.63) is 70.0 Å². The predicted molar refractivity (Wildman–Crippen MR) is 89.5 cm³/mol. The summed E-state index contributed by atoms with van der Waals surface area (Å²) >= 11 is 0. The molecule has 3 aromatic rings.